The first kappa shape index (κ1) is 27.7. The second-order valence-corrected chi connectivity index (χ2v) is 9.06. The summed E-state index contributed by atoms with van der Waals surface area (Å²) in [4.78, 5) is 29.7. The van der Waals surface area contributed by atoms with Crippen LogP contribution < -0.4 is 19.5 Å². The number of carbonyl (C=O) groups is 2. The Hall–Kier alpha value is -4.37. The standard InChI is InChI=1S/C30H30N2O6S/c1-4-35-25-16-23(17-26(36-5-2)28(25)37-6-3)29(34)38-18-27(33)32-30-31-24(19-39-30)22-14-12-21(13-15-22)20-10-8-7-9-11-20/h7-17,19H,4-6,18H2,1-3H3,(H,31,32,33). The van der Waals surface area contributed by atoms with E-state index in [2.05, 4.69) is 22.4 Å². The van der Waals surface area contributed by atoms with Crippen LogP contribution in [0.1, 0.15) is 31.1 Å². The maximum atomic E-state index is 12.7. The van der Waals surface area contributed by atoms with Gasteiger partial charge in [0, 0.05) is 10.9 Å². The van der Waals surface area contributed by atoms with E-state index < -0.39 is 18.5 Å². The Labute approximate surface area is 231 Å². The van der Waals surface area contributed by atoms with E-state index in [4.69, 9.17) is 18.9 Å². The summed E-state index contributed by atoms with van der Waals surface area (Å²) in [5, 5.41) is 4.97. The lowest BCUT2D eigenvalue weighted by Crippen LogP contribution is -2.21. The van der Waals surface area contributed by atoms with E-state index in [1.165, 1.54) is 23.5 Å². The van der Waals surface area contributed by atoms with Crippen molar-refractivity contribution in [2.45, 2.75) is 20.8 Å². The number of hydrogen-bond donors (Lipinski definition) is 1. The second-order valence-electron chi connectivity index (χ2n) is 8.21. The summed E-state index contributed by atoms with van der Waals surface area (Å²) < 4.78 is 22.2. The molecule has 4 aromatic rings. The monoisotopic (exact) mass is 546 g/mol. The lowest BCUT2D eigenvalue weighted by atomic mass is 10.0. The molecule has 1 heterocycles. The van der Waals surface area contributed by atoms with Crippen LogP contribution >= 0.6 is 11.3 Å². The lowest BCUT2D eigenvalue weighted by Gasteiger charge is -2.16. The number of rotatable bonds is 12. The van der Waals surface area contributed by atoms with Crippen molar-refractivity contribution in [1.29, 1.82) is 0 Å². The predicted molar refractivity (Wildman–Crippen MR) is 152 cm³/mol. The lowest BCUT2D eigenvalue weighted by molar-refractivity contribution is -0.119. The Morgan fingerprint density at radius 2 is 1.38 bits per heavy atom. The molecule has 1 amide bonds. The summed E-state index contributed by atoms with van der Waals surface area (Å²) in [6.07, 6.45) is 0. The number of anilines is 1. The van der Waals surface area contributed by atoms with E-state index in [1.807, 2.05) is 68.6 Å². The van der Waals surface area contributed by atoms with Gasteiger partial charge in [0.25, 0.3) is 5.91 Å². The maximum Gasteiger partial charge on any atom is 0.338 e. The van der Waals surface area contributed by atoms with Crippen molar-refractivity contribution in [2.24, 2.45) is 0 Å². The number of nitrogens with one attached hydrogen (secondary N) is 1. The molecule has 0 radical (unpaired) electrons. The summed E-state index contributed by atoms with van der Waals surface area (Å²) >= 11 is 1.29. The topological polar surface area (TPSA) is 96.0 Å². The number of esters is 1. The average molecular weight is 547 g/mol. The van der Waals surface area contributed by atoms with Gasteiger partial charge in [-0.15, -0.1) is 11.3 Å². The average Bonchev–Trinajstić information content (AvgIpc) is 3.42. The molecule has 0 aliphatic carbocycles. The minimum atomic E-state index is -0.687. The number of thiazole rings is 1. The fourth-order valence-corrected chi connectivity index (χ4v) is 4.54. The third kappa shape index (κ3) is 7.14. The highest BCUT2D eigenvalue weighted by Gasteiger charge is 2.20. The quantitative estimate of drug-likeness (QED) is 0.204. The van der Waals surface area contributed by atoms with Crippen molar-refractivity contribution >= 4 is 28.3 Å². The normalized spacial score (nSPS) is 10.5. The van der Waals surface area contributed by atoms with Crippen LogP contribution in [0, 0.1) is 0 Å². The first-order valence-electron chi connectivity index (χ1n) is 12.7. The van der Waals surface area contributed by atoms with Crippen molar-refractivity contribution < 1.29 is 28.5 Å². The molecule has 0 bridgehead atoms. The van der Waals surface area contributed by atoms with Crippen molar-refractivity contribution in [1.82, 2.24) is 4.98 Å². The first-order valence-corrected chi connectivity index (χ1v) is 13.5. The zero-order valence-electron chi connectivity index (χ0n) is 22.1. The van der Waals surface area contributed by atoms with E-state index in [0.29, 0.717) is 42.2 Å². The van der Waals surface area contributed by atoms with E-state index in [9.17, 15) is 9.59 Å². The number of hydrogen-bond acceptors (Lipinski definition) is 8. The molecular weight excluding hydrogens is 516 g/mol. The van der Waals surface area contributed by atoms with Crippen LogP contribution in [0.3, 0.4) is 0 Å². The molecule has 0 saturated carbocycles. The van der Waals surface area contributed by atoms with Crippen LogP contribution in [0.2, 0.25) is 0 Å². The van der Waals surface area contributed by atoms with Gasteiger partial charge >= 0.3 is 5.97 Å². The Morgan fingerprint density at radius 1 is 0.795 bits per heavy atom. The number of ether oxygens (including phenoxy) is 4. The van der Waals surface area contributed by atoms with Gasteiger partial charge in [0.2, 0.25) is 5.75 Å². The molecule has 9 heteroatoms. The fraction of sp³-hybridized carbons (Fsp3) is 0.233. The molecule has 0 aliphatic heterocycles. The minimum Gasteiger partial charge on any atom is -0.490 e. The van der Waals surface area contributed by atoms with Crippen LogP contribution in [0.15, 0.2) is 72.1 Å². The van der Waals surface area contributed by atoms with Crippen LogP contribution in [0.4, 0.5) is 5.13 Å². The van der Waals surface area contributed by atoms with E-state index in [1.54, 1.807) is 0 Å². The summed E-state index contributed by atoms with van der Waals surface area (Å²) in [6, 6.07) is 21.2. The zero-order chi connectivity index (χ0) is 27.6. The molecule has 1 aromatic heterocycles. The van der Waals surface area contributed by atoms with E-state index >= 15 is 0 Å². The molecule has 0 spiro atoms. The largest absolute Gasteiger partial charge is 0.490 e. The maximum absolute atomic E-state index is 12.7. The van der Waals surface area contributed by atoms with Crippen molar-refractivity contribution in [3.05, 3.63) is 77.7 Å². The summed E-state index contributed by atoms with van der Waals surface area (Å²) in [7, 11) is 0. The number of benzene rings is 3. The third-order valence-electron chi connectivity index (χ3n) is 5.52. The molecule has 0 atom stereocenters. The highest BCUT2D eigenvalue weighted by atomic mass is 32.1. The molecule has 0 saturated heterocycles. The summed E-state index contributed by atoms with van der Waals surface area (Å²) in [5.41, 5.74) is 4.11. The molecular formula is C30H30N2O6S. The summed E-state index contributed by atoms with van der Waals surface area (Å²) in [5.74, 6) is -0.0227. The molecule has 3 aromatic carbocycles. The van der Waals surface area contributed by atoms with Crippen LogP contribution in [-0.2, 0) is 9.53 Å². The number of amides is 1. The molecule has 39 heavy (non-hydrogen) atoms. The van der Waals surface area contributed by atoms with E-state index in [-0.39, 0.29) is 5.56 Å². The molecule has 1 N–H and O–H groups in total. The van der Waals surface area contributed by atoms with Gasteiger partial charge in [0.15, 0.2) is 23.2 Å². The van der Waals surface area contributed by atoms with Gasteiger partial charge in [-0.05, 0) is 44.0 Å². The highest BCUT2D eigenvalue weighted by molar-refractivity contribution is 7.14. The third-order valence-corrected chi connectivity index (χ3v) is 6.28. The van der Waals surface area contributed by atoms with Gasteiger partial charge in [0.1, 0.15) is 0 Å². The summed E-state index contributed by atoms with van der Waals surface area (Å²) in [6.45, 7) is 6.19. The smallest absolute Gasteiger partial charge is 0.338 e. The number of aromatic nitrogens is 1. The molecule has 202 valence electrons. The van der Waals surface area contributed by atoms with Crippen molar-refractivity contribution in [2.75, 3.05) is 31.7 Å². The van der Waals surface area contributed by atoms with Gasteiger partial charge in [-0.1, -0.05) is 54.6 Å². The van der Waals surface area contributed by atoms with Gasteiger partial charge in [0.05, 0.1) is 31.1 Å². The predicted octanol–water partition coefficient (Wildman–Crippen LogP) is 6.47. The van der Waals surface area contributed by atoms with Gasteiger partial charge in [-0.25, -0.2) is 9.78 Å². The van der Waals surface area contributed by atoms with Gasteiger partial charge in [-0.2, -0.15) is 0 Å². The van der Waals surface area contributed by atoms with E-state index in [0.717, 1.165) is 22.4 Å². The first-order chi connectivity index (χ1) is 19.0. The van der Waals surface area contributed by atoms with Gasteiger partial charge in [-0.3, -0.25) is 10.1 Å². The Balaban J connectivity index is 1.37. The van der Waals surface area contributed by atoms with Crippen LogP contribution in [0.5, 0.6) is 17.2 Å². The van der Waals surface area contributed by atoms with Crippen LogP contribution in [0.25, 0.3) is 22.4 Å². The zero-order valence-corrected chi connectivity index (χ0v) is 22.9. The minimum absolute atomic E-state index is 0.189. The molecule has 0 aliphatic rings. The van der Waals surface area contributed by atoms with Crippen molar-refractivity contribution in [3.8, 4) is 39.6 Å². The molecule has 0 unspecified atom stereocenters. The molecule has 8 nitrogen and oxygen atoms in total. The molecule has 0 fully saturated rings. The van der Waals surface area contributed by atoms with Gasteiger partial charge < -0.3 is 18.9 Å². The SMILES string of the molecule is CCOc1cc(C(=O)OCC(=O)Nc2nc(-c3ccc(-c4ccccc4)cc3)cs2)cc(OCC)c1OCC. The number of carbonyl (C=O) groups excluding carboxylic acids is 2. The fourth-order valence-electron chi connectivity index (χ4n) is 3.80. The Morgan fingerprint density at radius 3 is 2.00 bits per heavy atom. The van der Waals surface area contributed by atoms with Crippen molar-refractivity contribution in [3.63, 3.8) is 0 Å². The highest BCUT2D eigenvalue weighted by Crippen LogP contribution is 2.39. The second kappa shape index (κ2) is 13.4. The molecule has 4 rings (SSSR count). The Kier molecular flexibility index (Phi) is 9.53. The number of nitrogens with zero attached hydrogens (tertiary/aromatic N) is 1. The Bertz CT molecular complexity index is 1380. The van der Waals surface area contributed by atoms with Crippen LogP contribution in [-0.4, -0.2) is 43.3 Å².